The molecule has 0 unspecified atom stereocenters. The maximum atomic E-state index is 10.8. The first-order valence-corrected chi connectivity index (χ1v) is 4.64. The lowest BCUT2D eigenvalue weighted by Crippen LogP contribution is -1.92. The maximum absolute atomic E-state index is 10.8. The number of ketones is 1. The van der Waals surface area contributed by atoms with Crippen LogP contribution in [0.25, 0.3) is 0 Å². The van der Waals surface area contributed by atoms with Gasteiger partial charge in [0.05, 0.1) is 0 Å². The van der Waals surface area contributed by atoms with Crippen LogP contribution in [0.2, 0.25) is 0 Å². The van der Waals surface area contributed by atoms with Crippen molar-refractivity contribution in [1.29, 1.82) is 0 Å². The van der Waals surface area contributed by atoms with E-state index in [-0.39, 0.29) is 5.78 Å². The summed E-state index contributed by atoms with van der Waals surface area (Å²) in [7, 11) is 0. The van der Waals surface area contributed by atoms with Gasteiger partial charge in [-0.15, -0.1) is 0 Å². The molecule has 12 heavy (non-hydrogen) atoms. The fourth-order valence-corrected chi connectivity index (χ4v) is 1.42. The minimum Gasteiger partial charge on any atom is -0.300 e. The van der Waals surface area contributed by atoms with Crippen molar-refractivity contribution in [3.63, 3.8) is 0 Å². The van der Waals surface area contributed by atoms with Crippen molar-refractivity contribution in [2.75, 3.05) is 0 Å². The molecule has 0 aromatic heterocycles. The Hall–Kier alpha value is -0.850. The van der Waals surface area contributed by atoms with Gasteiger partial charge in [0.25, 0.3) is 0 Å². The van der Waals surface area contributed by atoms with Crippen LogP contribution in [0.5, 0.6) is 0 Å². The lowest BCUT2D eigenvalue weighted by atomic mass is 10.0. The van der Waals surface area contributed by atoms with E-state index >= 15 is 0 Å². The molecule has 0 bridgehead atoms. The Morgan fingerprint density at radius 1 is 1.42 bits per heavy atom. The Balaban J connectivity index is 2.53. The van der Waals surface area contributed by atoms with Crippen LogP contribution in [-0.4, -0.2) is 5.78 Å². The van der Waals surface area contributed by atoms with Gasteiger partial charge >= 0.3 is 0 Å². The smallest absolute Gasteiger partial charge is 0.134 e. The minimum absolute atomic E-state index is 0.256. The van der Waals surface area contributed by atoms with Gasteiger partial charge in [0.15, 0.2) is 0 Å². The quantitative estimate of drug-likeness (QED) is 0.613. The Bertz CT molecular complexity index is 211. The molecule has 0 saturated carbocycles. The number of Topliss-reactive ketones (excluding diaryl/α,β-unsaturated/α-hetero) is 1. The first-order chi connectivity index (χ1) is 5.79. The van der Waals surface area contributed by atoms with Gasteiger partial charge in [-0.3, -0.25) is 4.79 Å². The fraction of sp³-hybridized carbons (Fsp3) is 0.545. The van der Waals surface area contributed by atoms with Crippen molar-refractivity contribution < 1.29 is 4.79 Å². The van der Waals surface area contributed by atoms with E-state index in [1.807, 2.05) is 0 Å². The van der Waals surface area contributed by atoms with Gasteiger partial charge in [-0.25, -0.2) is 0 Å². The van der Waals surface area contributed by atoms with Crippen LogP contribution < -0.4 is 0 Å². The van der Waals surface area contributed by atoms with Crippen LogP contribution in [0.3, 0.4) is 0 Å². The van der Waals surface area contributed by atoms with Crippen LogP contribution in [0, 0.1) is 0 Å². The molecule has 0 aromatic carbocycles. The molecule has 66 valence electrons. The van der Waals surface area contributed by atoms with Crippen molar-refractivity contribution in [1.82, 2.24) is 0 Å². The summed E-state index contributed by atoms with van der Waals surface area (Å²) in [6.07, 6.45) is 11.9. The largest absolute Gasteiger partial charge is 0.300 e. The summed E-state index contributed by atoms with van der Waals surface area (Å²) in [5.74, 6) is 0.256. The van der Waals surface area contributed by atoms with Gasteiger partial charge in [-0.1, -0.05) is 18.2 Å². The predicted octanol–water partition coefficient (Wildman–Crippen LogP) is 3.02. The molecule has 0 aromatic rings. The van der Waals surface area contributed by atoms with Crippen molar-refractivity contribution >= 4 is 5.78 Å². The molecule has 0 atom stereocenters. The highest BCUT2D eigenvalue weighted by Gasteiger charge is 1.99. The molecule has 0 radical (unpaired) electrons. The normalized spacial score (nSPS) is 24.9. The molecular formula is C11H16O. The van der Waals surface area contributed by atoms with Crippen LogP contribution in [0.4, 0.5) is 0 Å². The van der Waals surface area contributed by atoms with E-state index in [0.717, 1.165) is 12.8 Å². The second-order valence-corrected chi connectivity index (χ2v) is 3.34. The molecule has 1 aliphatic rings. The Morgan fingerprint density at radius 3 is 2.92 bits per heavy atom. The molecule has 0 fully saturated rings. The summed E-state index contributed by atoms with van der Waals surface area (Å²) in [4.78, 5) is 10.8. The second-order valence-electron chi connectivity index (χ2n) is 3.34. The lowest BCUT2D eigenvalue weighted by molar-refractivity contribution is -0.116. The molecule has 1 aliphatic carbocycles. The van der Waals surface area contributed by atoms with Crippen molar-refractivity contribution in [3.05, 3.63) is 23.8 Å². The highest BCUT2D eigenvalue weighted by Crippen LogP contribution is 2.13. The molecule has 0 aliphatic heterocycles. The van der Waals surface area contributed by atoms with Crippen LogP contribution >= 0.6 is 0 Å². The van der Waals surface area contributed by atoms with E-state index in [1.54, 1.807) is 6.92 Å². The predicted molar refractivity (Wildman–Crippen MR) is 51.0 cm³/mol. The number of allylic oxidation sites excluding steroid dienone is 4. The lowest BCUT2D eigenvalue weighted by Gasteiger charge is -2.03. The third kappa shape index (κ3) is 3.51. The van der Waals surface area contributed by atoms with E-state index in [0.29, 0.717) is 6.42 Å². The van der Waals surface area contributed by atoms with Crippen LogP contribution in [0.15, 0.2) is 23.8 Å². The van der Waals surface area contributed by atoms with E-state index in [2.05, 4.69) is 18.2 Å². The van der Waals surface area contributed by atoms with Gasteiger partial charge in [-0.2, -0.15) is 0 Å². The summed E-state index contributed by atoms with van der Waals surface area (Å²) < 4.78 is 0. The number of carbonyl (C=O) groups excluding carboxylic acids is 1. The molecule has 0 heterocycles. The Labute approximate surface area is 74.2 Å². The summed E-state index contributed by atoms with van der Waals surface area (Å²) in [5, 5.41) is 0. The van der Waals surface area contributed by atoms with E-state index in [9.17, 15) is 4.79 Å². The van der Waals surface area contributed by atoms with E-state index in [4.69, 9.17) is 0 Å². The fourth-order valence-electron chi connectivity index (χ4n) is 1.42. The first kappa shape index (κ1) is 9.24. The topological polar surface area (TPSA) is 17.1 Å². The molecule has 1 heteroatoms. The van der Waals surface area contributed by atoms with Gasteiger partial charge in [0.2, 0.25) is 0 Å². The Morgan fingerprint density at radius 2 is 2.17 bits per heavy atom. The molecule has 1 nitrogen and oxygen atoms in total. The van der Waals surface area contributed by atoms with Gasteiger partial charge in [0, 0.05) is 6.42 Å². The molecule has 0 N–H and O–H groups in total. The number of hydrogen-bond acceptors (Lipinski definition) is 1. The molecule has 0 amide bonds. The number of rotatable bonds is 2. The third-order valence-electron chi connectivity index (χ3n) is 2.02. The van der Waals surface area contributed by atoms with Gasteiger partial charge in [0.1, 0.15) is 5.78 Å². The highest BCUT2D eigenvalue weighted by molar-refractivity contribution is 5.78. The zero-order chi connectivity index (χ0) is 8.81. The first-order valence-electron chi connectivity index (χ1n) is 4.64. The maximum Gasteiger partial charge on any atom is 0.134 e. The summed E-state index contributed by atoms with van der Waals surface area (Å²) in [6, 6.07) is 0. The van der Waals surface area contributed by atoms with Gasteiger partial charge in [-0.05, 0) is 38.2 Å². The standard InChI is InChI=1S/C11H16O/c1-10(12)9-11-7-5-3-2-4-6-8-11/h5,7-8H,2-4,6,9H2,1H3/b7-5-,11-8+. The number of hydrogen-bond donors (Lipinski definition) is 0. The SMILES string of the molecule is CC(=O)CC1=C/CCCC/C=C\1. The molecule has 0 saturated heterocycles. The van der Waals surface area contributed by atoms with Gasteiger partial charge < -0.3 is 0 Å². The van der Waals surface area contributed by atoms with E-state index < -0.39 is 0 Å². The molecular weight excluding hydrogens is 148 g/mol. The minimum atomic E-state index is 0.256. The highest BCUT2D eigenvalue weighted by atomic mass is 16.1. The van der Waals surface area contributed by atoms with Crippen molar-refractivity contribution in [3.8, 4) is 0 Å². The van der Waals surface area contributed by atoms with Crippen LogP contribution in [-0.2, 0) is 4.79 Å². The average Bonchev–Trinajstić information content (AvgIpc) is 1.93. The molecule has 1 rings (SSSR count). The van der Waals surface area contributed by atoms with E-state index in [1.165, 1.54) is 18.4 Å². The number of carbonyl (C=O) groups is 1. The average molecular weight is 164 g/mol. The third-order valence-corrected chi connectivity index (χ3v) is 2.02. The zero-order valence-corrected chi connectivity index (χ0v) is 7.68. The molecule has 0 spiro atoms. The summed E-state index contributed by atoms with van der Waals surface area (Å²) >= 11 is 0. The van der Waals surface area contributed by atoms with Crippen molar-refractivity contribution in [2.45, 2.75) is 39.0 Å². The summed E-state index contributed by atoms with van der Waals surface area (Å²) in [5.41, 5.74) is 1.20. The van der Waals surface area contributed by atoms with Crippen LogP contribution in [0.1, 0.15) is 39.0 Å². The van der Waals surface area contributed by atoms with Crippen molar-refractivity contribution in [2.24, 2.45) is 0 Å². The zero-order valence-electron chi connectivity index (χ0n) is 7.68. The Kier molecular flexibility index (Phi) is 3.78. The monoisotopic (exact) mass is 164 g/mol. The second kappa shape index (κ2) is 4.91. The summed E-state index contributed by atoms with van der Waals surface area (Å²) in [6.45, 7) is 1.65.